The van der Waals surface area contributed by atoms with Crippen molar-refractivity contribution in [1.82, 2.24) is 0 Å². The highest BCUT2D eigenvalue weighted by Gasteiger charge is 2.27. The van der Waals surface area contributed by atoms with Crippen molar-refractivity contribution in [3.05, 3.63) is 22.3 Å². The van der Waals surface area contributed by atoms with E-state index in [1.54, 1.807) is 6.92 Å². The first kappa shape index (κ1) is 31.5. The first-order valence-electron chi connectivity index (χ1n) is 15.2. The third-order valence-corrected chi connectivity index (χ3v) is 8.63. The zero-order valence-corrected chi connectivity index (χ0v) is 25.3. The van der Waals surface area contributed by atoms with Gasteiger partial charge in [0.2, 0.25) is 0 Å². The predicted octanol–water partition coefficient (Wildman–Crippen LogP) is 9.23. The first-order chi connectivity index (χ1) is 17.5. The van der Waals surface area contributed by atoms with Crippen LogP contribution in [-0.2, 0) is 11.2 Å². The molecule has 4 heteroatoms. The van der Waals surface area contributed by atoms with Crippen molar-refractivity contribution in [3.63, 3.8) is 0 Å². The lowest BCUT2D eigenvalue weighted by Crippen LogP contribution is -2.24. The van der Waals surface area contributed by atoms with E-state index in [0.717, 1.165) is 59.6 Å². The fourth-order valence-electron chi connectivity index (χ4n) is 5.70. The average Bonchev–Trinajstić information content (AvgIpc) is 2.84. The average molecular weight is 517 g/mol. The van der Waals surface area contributed by atoms with Gasteiger partial charge in [-0.25, -0.2) is 0 Å². The topological polar surface area (TPSA) is 55.8 Å². The molecule has 0 aliphatic carbocycles. The van der Waals surface area contributed by atoms with Gasteiger partial charge in [0.1, 0.15) is 11.5 Å². The van der Waals surface area contributed by atoms with Gasteiger partial charge >= 0.3 is 5.97 Å². The van der Waals surface area contributed by atoms with E-state index in [-0.39, 0.29) is 0 Å². The molecule has 4 atom stereocenters. The van der Waals surface area contributed by atoms with Crippen molar-refractivity contribution in [2.75, 3.05) is 6.61 Å². The fourth-order valence-corrected chi connectivity index (χ4v) is 5.70. The zero-order valence-electron chi connectivity index (χ0n) is 25.3. The van der Waals surface area contributed by atoms with Crippen molar-refractivity contribution < 1.29 is 19.4 Å². The highest BCUT2D eigenvalue weighted by atomic mass is 16.5. The maximum atomic E-state index is 11.1. The minimum absolute atomic E-state index is 0.307. The highest BCUT2D eigenvalue weighted by molar-refractivity contribution is 5.69. The number of hydrogen-bond acceptors (Lipinski definition) is 3. The van der Waals surface area contributed by atoms with E-state index in [1.807, 2.05) is 0 Å². The van der Waals surface area contributed by atoms with Gasteiger partial charge < -0.3 is 14.6 Å². The lowest BCUT2D eigenvalue weighted by atomic mass is 9.89. The van der Waals surface area contributed by atoms with E-state index < -0.39 is 11.9 Å². The summed E-state index contributed by atoms with van der Waals surface area (Å²) in [6.07, 6.45) is 14.8. The smallest absolute Gasteiger partial charge is 0.306 e. The summed E-state index contributed by atoms with van der Waals surface area (Å²) in [6, 6.07) is 0. The van der Waals surface area contributed by atoms with Crippen LogP contribution in [0, 0.1) is 44.4 Å². The van der Waals surface area contributed by atoms with E-state index in [2.05, 4.69) is 48.5 Å². The Morgan fingerprint density at radius 2 is 1.46 bits per heavy atom. The van der Waals surface area contributed by atoms with Crippen molar-refractivity contribution in [2.24, 2.45) is 23.7 Å². The van der Waals surface area contributed by atoms with E-state index in [0.29, 0.717) is 19.1 Å². The van der Waals surface area contributed by atoms with Gasteiger partial charge in [-0.1, -0.05) is 79.6 Å². The molecule has 1 aliphatic rings. The Bertz CT molecular complexity index is 843. The van der Waals surface area contributed by atoms with Crippen LogP contribution in [0.25, 0.3) is 0 Å². The molecule has 2 rings (SSSR count). The van der Waals surface area contributed by atoms with Gasteiger partial charge in [0.25, 0.3) is 0 Å². The summed E-state index contributed by atoms with van der Waals surface area (Å²) < 4.78 is 12.7. The third kappa shape index (κ3) is 10.2. The Kier molecular flexibility index (Phi) is 13.3. The second-order valence-electron chi connectivity index (χ2n) is 12.6. The quantitative estimate of drug-likeness (QED) is 0.224. The molecule has 0 aromatic heterocycles. The van der Waals surface area contributed by atoms with Crippen LogP contribution in [-0.4, -0.2) is 23.8 Å². The summed E-state index contributed by atoms with van der Waals surface area (Å²) in [5.74, 6) is 3.33. The SMILES string of the molecule is Cc1c(C)c2c(c(C)c1OCCC(C)C(=O)O)CC[C@@H](CCC[C@H](C)CCC[C@H](C)CCCC(C)C)O2. The molecular formula is C33H56O4. The van der Waals surface area contributed by atoms with Crippen molar-refractivity contribution >= 4 is 5.97 Å². The lowest BCUT2D eigenvalue weighted by molar-refractivity contribution is -0.141. The van der Waals surface area contributed by atoms with Crippen LogP contribution >= 0.6 is 0 Å². The summed E-state index contributed by atoms with van der Waals surface area (Å²) >= 11 is 0. The molecule has 0 bridgehead atoms. The molecule has 1 aliphatic heterocycles. The Balaban J connectivity index is 1.78. The molecule has 37 heavy (non-hydrogen) atoms. The number of ether oxygens (including phenoxy) is 2. The van der Waals surface area contributed by atoms with Gasteiger partial charge in [-0.2, -0.15) is 0 Å². The van der Waals surface area contributed by atoms with Crippen LogP contribution < -0.4 is 9.47 Å². The maximum absolute atomic E-state index is 11.1. The Hall–Kier alpha value is -1.71. The fraction of sp³-hybridized carbons (Fsp3) is 0.788. The second-order valence-corrected chi connectivity index (χ2v) is 12.6. The number of aliphatic carboxylic acids is 1. The van der Waals surface area contributed by atoms with E-state index in [1.165, 1.54) is 62.5 Å². The predicted molar refractivity (Wildman–Crippen MR) is 155 cm³/mol. The Morgan fingerprint density at radius 3 is 2.05 bits per heavy atom. The monoisotopic (exact) mass is 516 g/mol. The summed E-state index contributed by atoms with van der Waals surface area (Å²) in [5.41, 5.74) is 4.72. The number of benzene rings is 1. The molecule has 4 nitrogen and oxygen atoms in total. The van der Waals surface area contributed by atoms with Crippen LogP contribution in [0.2, 0.25) is 0 Å². The molecule has 0 radical (unpaired) electrons. The van der Waals surface area contributed by atoms with E-state index >= 15 is 0 Å². The lowest BCUT2D eigenvalue weighted by Gasteiger charge is -2.31. The van der Waals surface area contributed by atoms with Crippen molar-refractivity contribution in [1.29, 1.82) is 0 Å². The number of carboxylic acids is 1. The molecule has 0 spiro atoms. The highest BCUT2D eigenvalue weighted by Crippen LogP contribution is 2.42. The molecule has 212 valence electrons. The van der Waals surface area contributed by atoms with Gasteiger partial charge in [-0.3, -0.25) is 4.79 Å². The zero-order chi connectivity index (χ0) is 27.5. The number of fused-ring (bicyclic) bond motifs is 1. The molecular weight excluding hydrogens is 460 g/mol. The molecule has 0 amide bonds. The summed E-state index contributed by atoms with van der Waals surface area (Å²) in [7, 11) is 0. The van der Waals surface area contributed by atoms with E-state index in [9.17, 15) is 4.79 Å². The van der Waals surface area contributed by atoms with Gasteiger partial charge in [-0.15, -0.1) is 0 Å². The molecule has 0 saturated carbocycles. The van der Waals surface area contributed by atoms with Crippen LogP contribution in [0.5, 0.6) is 11.5 Å². The minimum Gasteiger partial charge on any atom is -0.493 e. The summed E-state index contributed by atoms with van der Waals surface area (Å²) in [6.45, 7) is 18.0. The second kappa shape index (κ2) is 15.6. The Morgan fingerprint density at radius 1 is 0.865 bits per heavy atom. The number of rotatable bonds is 17. The molecule has 1 heterocycles. The van der Waals surface area contributed by atoms with Crippen molar-refractivity contribution in [3.8, 4) is 11.5 Å². The number of carboxylic acid groups (broad SMARTS) is 1. The van der Waals surface area contributed by atoms with Gasteiger partial charge in [0.15, 0.2) is 0 Å². The minimum atomic E-state index is -0.769. The maximum Gasteiger partial charge on any atom is 0.306 e. The molecule has 1 unspecified atom stereocenters. The molecule has 0 saturated heterocycles. The largest absolute Gasteiger partial charge is 0.493 e. The summed E-state index contributed by atoms with van der Waals surface area (Å²) in [4.78, 5) is 11.1. The Labute approximate surface area is 227 Å². The molecule has 1 aromatic carbocycles. The standard InChI is InChI=1S/C33H56O4/c1-22(2)12-9-13-23(3)14-10-15-24(4)16-11-17-29-18-19-30-28(8)31(26(6)27(7)32(30)37-29)36-21-20-25(5)33(34)35/h22-25,29H,9-21H2,1-8H3,(H,34,35)/t23-,24-,25?,29-/m1/s1. The van der Waals surface area contributed by atoms with Crippen LogP contribution in [0.4, 0.5) is 0 Å². The number of carbonyl (C=O) groups is 1. The molecule has 0 fully saturated rings. The van der Waals surface area contributed by atoms with Gasteiger partial charge in [-0.05, 0) is 87.3 Å². The van der Waals surface area contributed by atoms with Gasteiger partial charge in [0.05, 0.1) is 18.6 Å². The molecule has 1 aromatic rings. The van der Waals surface area contributed by atoms with Gasteiger partial charge in [0, 0.05) is 5.56 Å². The van der Waals surface area contributed by atoms with E-state index in [4.69, 9.17) is 14.6 Å². The summed E-state index contributed by atoms with van der Waals surface area (Å²) in [5, 5.41) is 9.13. The van der Waals surface area contributed by atoms with Crippen LogP contribution in [0.3, 0.4) is 0 Å². The molecule has 1 N–H and O–H groups in total. The van der Waals surface area contributed by atoms with Crippen LogP contribution in [0.15, 0.2) is 0 Å². The van der Waals surface area contributed by atoms with Crippen LogP contribution in [0.1, 0.15) is 128 Å². The third-order valence-electron chi connectivity index (χ3n) is 8.63. The van der Waals surface area contributed by atoms with Crippen molar-refractivity contribution in [2.45, 2.75) is 139 Å². The number of hydrogen-bond donors (Lipinski definition) is 1. The normalized spacial score (nSPS) is 17.7. The first-order valence-corrected chi connectivity index (χ1v) is 15.2.